The highest BCUT2D eigenvalue weighted by molar-refractivity contribution is 5.80. The van der Waals surface area contributed by atoms with Gasteiger partial charge in [-0.05, 0) is 45.3 Å². The Morgan fingerprint density at radius 1 is 1.59 bits per heavy atom. The van der Waals surface area contributed by atoms with Crippen LogP contribution in [-0.2, 0) is 4.79 Å². The molecule has 3 unspecified atom stereocenters. The van der Waals surface area contributed by atoms with Crippen LogP contribution in [-0.4, -0.2) is 34.8 Å². The fourth-order valence-electron chi connectivity index (χ4n) is 2.20. The van der Waals surface area contributed by atoms with Crippen molar-refractivity contribution in [1.82, 2.24) is 20.4 Å². The van der Waals surface area contributed by atoms with Gasteiger partial charge in [0.1, 0.15) is 6.04 Å². The molecule has 17 heavy (non-hydrogen) atoms. The van der Waals surface area contributed by atoms with E-state index < -0.39 is 0 Å². The van der Waals surface area contributed by atoms with Gasteiger partial charge in [0.25, 0.3) is 0 Å². The first-order valence-corrected chi connectivity index (χ1v) is 6.18. The number of carbonyl (C=O) groups is 1. The molecule has 1 saturated heterocycles. The Hall–Kier alpha value is -1.36. The number of carbonyl (C=O) groups excluding carboxylic acids is 1. The van der Waals surface area contributed by atoms with Crippen LogP contribution in [0.15, 0.2) is 18.5 Å². The molecule has 1 aromatic rings. The van der Waals surface area contributed by atoms with Crippen LogP contribution in [0.4, 0.5) is 0 Å². The molecule has 1 aromatic heterocycles. The van der Waals surface area contributed by atoms with Gasteiger partial charge in [0, 0.05) is 18.4 Å². The van der Waals surface area contributed by atoms with Gasteiger partial charge in [0.2, 0.25) is 5.91 Å². The van der Waals surface area contributed by atoms with E-state index in [4.69, 9.17) is 0 Å². The zero-order valence-corrected chi connectivity index (χ0v) is 10.4. The van der Waals surface area contributed by atoms with Gasteiger partial charge >= 0.3 is 0 Å². The fraction of sp³-hybridized carbons (Fsp3) is 0.667. The van der Waals surface area contributed by atoms with E-state index in [1.807, 2.05) is 19.2 Å². The Bertz CT molecular complexity index is 357. The molecule has 5 nitrogen and oxygen atoms in total. The molecule has 2 N–H and O–H groups in total. The summed E-state index contributed by atoms with van der Waals surface area (Å²) in [6, 6.07) is 1.80. The van der Waals surface area contributed by atoms with Gasteiger partial charge in [0.15, 0.2) is 0 Å². The molecule has 2 rings (SSSR count). The highest BCUT2D eigenvalue weighted by atomic mass is 16.2. The van der Waals surface area contributed by atoms with Crippen LogP contribution in [0.1, 0.15) is 26.3 Å². The largest absolute Gasteiger partial charge is 0.351 e. The predicted molar refractivity (Wildman–Crippen MR) is 65.5 cm³/mol. The Balaban J connectivity index is 1.87. The molecule has 0 aliphatic carbocycles. The second kappa shape index (κ2) is 5.31. The lowest BCUT2D eigenvalue weighted by atomic mass is 10.0. The lowest BCUT2D eigenvalue weighted by Gasteiger charge is -2.22. The van der Waals surface area contributed by atoms with Crippen molar-refractivity contribution in [2.45, 2.75) is 32.4 Å². The molecule has 0 spiro atoms. The third-order valence-corrected chi connectivity index (χ3v) is 3.48. The molecular formula is C12H20N4O. The first kappa shape index (κ1) is 12.1. The smallest absolute Gasteiger partial charge is 0.244 e. The predicted octanol–water partition coefficient (Wildman–Crippen LogP) is 0.558. The Morgan fingerprint density at radius 3 is 3.00 bits per heavy atom. The van der Waals surface area contributed by atoms with E-state index in [1.165, 1.54) is 0 Å². The molecular weight excluding hydrogens is 216 g/mol. The number of hydrogen-bond acceptors (Lipinski definition) is 3. The summed E-state index contributed by atoms with van der Waals surface area (Å²) in [7, 11) is 0. The van der Waals surface area contributed by atoms with Crippen molar-refractivity contribution in [2.24, 2.45) is 5.92 Å². The first-order chi connectivity index (χ1) is 8.18. The van der Waals surface area contributed by atoms with Gasteiger partial charge in [-0.2, -0.15) is 5.10 Å². The van der Waals surface area contributed by atoms with E-state index in [9.17, 15) is 4.79 Å². The Kier molecular flexibility index (Phi) is 3.78. The highest BCUT2D eigenvalue weighted by Crippen LogP contribution is 2.13. The van der Waals surface area contributed by atoms with Crippen LogP contribution in [0, 0.1) is 5.92 Å². The zero-order valence-electron chi connectivity index (χ0n) is 10.4. The van der Waals surface area contributed by atoms with Crippen molar-refractivity contribution < 1.29 is 4.79 Å². The molecule has 0 bridgehead atoms. The molecule has 2 heterocycles. The first-order valence-electron chi connectivity index (χ1n) is 6.18. The molecule has 1 aliphatic heterocycles. The molecule has 0 radical (unpaired) electrons. The van der Waals surface area contributed by atoms with Gasteiger partial charge in [-0.15, -0.1) is 0 Å². The molecule has 1 aliphatic rings. The number of hydrogen-bond donors (Lipinski definition) is 2. The maximum atomic E-state index is 12.0. The third-order valence-electron chi connectivity index (χ3n) is 3.48. The van der Waals surface area contributed by atoms with E-state index in [0.717, 1.165) is 19.5 Å². The second-order valence-electron chi connectivity index (χ2n) is 4.71. The quantitative estimate of drug-likeness (QED) is 0.803. The fourth-order valence-corrected chi connectivity index (χ4v) is 2.20. The average Bonchev–Trinajstić information content (AvgIpc) is 3.00. The highest BCUT2D eigenvalue weighted by Gasteiger charge is 2.24. The molecule has 0 saturated carbocycles. The maximum absolute atomic E-state index is 12.0. The molecule has 5 heteroatoms. The van der Waals surface area contributed by atoms with Gasteiger partial charge in [-0.25, -0.2) is 0 Å². The van der Waals surface area contributed by atoms with Gasteiger partial charge in [-0.3, -0.25) is 9.48 Å². The Labute approximate surface area is 102 Å². The van der Waals surface area contributed by atoms with Crippen LogP contribution < -0.4 is 10.6 Å². The number of rotatable bonds is 4. The summed E-state index contributed by atoms with van der Waals surface area (Å²) < 4.78 is 1.68. The van der Waals surface area contributed by atoms with E-state index in [0.29, 0.717) is 5.92 Å². The van der Waals surface area contributed by atoms with E-state index in [-0.39, 0.29) is 18.0 Å². The Morgan fingerprint density at radius 2 is 2.41 bits per heavy atom. The van der Waals surface area contributed by atoms with Crippen LogP contribution >= 0.6 is 0 Å². The zero-order chi connectivity index (χ0) is 12.3. The lowest BCUT2D eigenvalue weighted by Crippen LogP contribution is -2.42. The van der Waals surface area contributed by atoms with Gasteiger partial charge in [-0.1, -0.05) is 0 Å². The molecule has 0 aromatic carbocycles. The van der Waals surface area contributed by atoms with Gasteiger partial charge in [0.05, 0.1) is 0 Å². The summed E-state index contributed by atoms with van der Waals surface area (Å²) in [5.74, 6) is 0.580. The van der Waals surface area contributed by atoms with Crippen molar-refractivity contribution in [3.63, 3.8) is 0 Å². The number of nitrogens with zero attached hydrogens (tertiary/aromatic N) is 2. The van der Waals surface area contributed by atoms with Crippen molar-refractivity contribution >= 4 is 5.91 Å². The van der Waals surface area contributed by atoms with Crippen LogP contribution in [0.3, 0.4) is 0 Å². The molecule has 1 fully saturated rings. The van der Waals surface area contributed by atoms with Crippen molar-refractivity contribution in [2.75, 3.05) is 13.1 Å². The monoisotopic (exact) mass is 236 g/mol. The summed E-state index contributed by atoms with van der Waals surface area (Å²) in [5.41, 5.74) is 0. The summed E-state index contributed by atoms with van der Waals surface area (Å²) in [5, 5.41) is 10.5. The SMILES string of the molecule is CC(NC(=O)C(C)n1cccn1)C1CCNC1. The normalized spacial score (nSPS) is 23.3. The van der Waals surface area contributed by atoms with Gasteiger partial charge < -0.3 is 10.6 Å². The molecule has 1 amide bonds. The van der Waals surface area contributed by atoms with Crippen LogP contribution in [0.25, 0.3) is 0 Å². The van der Waals surface area contributed by atoms with E-state index in [2.05, 4.69) is 22.7 Å². The number of aromatic nitrogens is 2. The standard InChI is InChI=1S/C12H20N4O/c1-9(11-4-6-13-8-11)15-12(17)10(2)16-7-3-5-14-16/h3,5,7,9-11,13H,4,6,8H2,1-2H3,(H,15,17). The van der Waals surface area contributed by atoms with Crippen molar-refractivity contribution in [3.05, 3.63) is 18.5 Å². The topological polar surface area (TPSA) is 59.0 Å². The minimum atomic E-state index is -0.248. The van der Waals surface area contributed by atoms with E-state index in [1.54, 1.807) is 10.9 Å². The summed E-state index contributed by atoms with van der Waals surface area (Å²) in [4.78, 5) is 12.0. The number of amides is 1. The molecule has 94 valence electrons. The summed E-state index contributed by atoms with van der Waals surface area (Å²) in [6.45, 7) is 5.99. The number of nitrogens with one attached hydrogen (secondary N) is 2. The second-order valence-corrected chi connectivity index (χ2v) is 4.71. The van der Waals surface area contributed by atoms with Crippen LogP contribution in [0.5, 0.6) is 0 Å². The average molecular weight is 236 g/mol. The van der Waals surface area contributed by atoms with Crippen molar-refractivity contribution in [1.29, 1.82) is 0 Å². The van der Waals surface area contributed by atoms with Crippen molar-refractivity contribution in [3.8, 4) is 0 Å². The third kappa shape index (κ3) is 2.85. The van der Waals surface area contributed by atoms with E-state index >= 15 is 0 Å². The maximum Gasteiger partial charge on any atom is 0.244 e. The minimum Gasteiger partial charge on any atom is -0.351 e. The minimum absolute atomic E-state index is 0.0353. The van der Waals surface area contributed by atoms with Crippen LogP contribution in [0.2, 0.25) is 0 Å². The lowest BCUT2D eigenvalue weighted by molar-refractivity contribution is -0.125. The molecule has 3 atom stereocenters. The summed E-state index contributed by atoms with van der Waals surface area (Å²) >= 11 is 0. The summed E-state index contributed by atoms with van der Waals surface area (Å²) in [6.07, 6.45) is 4.64.